The molecule has 0 unspecified atom stereocenters. The zero-order chi connectivity index (χ0) is 19.2. The Balaban J connectivity index is 2.27. The molecule has 2 aromatic carbocycles. The predicted octanol–water partition coefficient (Wildman–Crippen LogP) is 4.52. The third kappa shape index (κ3) is 4.35. The van der Waals surface area contributed by atoms with E-state index in [1.165, 1.54) is 6.92 Å². The number of esters is 2. The van der Waals surface area contributed by atoms with Gasteiger partial charge < -0.3 is 14.2 Å². The third-order valence-corrected chi connectivity index (χ3v) is 4.10. The van der Waals surface area contributed by atoms with E-state index in [-0.39, 0.29) is 13.2 Å². The van der Waals surface area contributed by atoms with Crippen molar-refractivity contribution >= 4 is 23.5 Å². The molecule has 138 valence electrons. The fourth-order valence-electron chi connectivity index (χ4n) is 2.36. The number of hydrogen-bond acceptors (Lipinski definition) is 5. The molecule has 0 spiro atoms. The monoisotopic (exact) mass is 376 g/mol. The molecule has 2 aromatic rings. The number of rotatable bonds is 7. The number of carbonyl (C=O) groups is 2. The summed E-state index contributed by atoms with van der Waals surface area (Å²) in [5, 5.41) is 0.618. The van der Waals surface area contributed by atoms with Crippen LogP contribution in [0, 0.1) is 0 Å². The molecular weight excluding hydrogens is 356 g/mol. The Hall–Kier alpha value is -2.53. The van der Waals surface area contributed by atoms with Crippen LogP contribution < -0.4 is 4.74 Å². The average Bonchev–Trinajstić information content (AvgIpc) is 2.64. The van der Waals surface area contributed by atoms with Crippen LogP contribution in [0.2, 0.25) is 5.02 Å². The van der Waals surface area contributed by atoms with Crippen LogP contribution in [-0.2, 0) is 24.5 Å². The zero-order valence-corrected chi connectivity index (χ0v) is 15.7. The molecule has 5 nitrogen and oxygen atoms in total. The molecule has 0 amide bonds. The average molecular weight is 377 g/mol. The summed E-state index contributed by atoms with van der Waals surface area (Å²) in [6, 6.07) is 13.6. The van der Waals surface area contributed by atoms with Crippen LogP contribution in [0.25, 0.3) is 0 Å². The summed E-state index contributed by atoms with van der Waals surface area (Å²) in [5.41, 5.74) is -1.07. The number of halogens is 1. The first-order valence-electron chi connectivity index (χ1n) is 8.30. The number of ether oxygens (including phenoxy) is 3. The van der Waals surface area contributed by atoms with E-state index in [4.69, 9.17) is 25.8 Å². The first-order chi connectivity index (χ1) is 12.4. The molecule has 0 heterocycles. The van der Waals surface area contributed by atoms with E-state index in [9.17, 15) is 9.59 Å². The molecule has 0 aliphatic rings. The van der Waals surface area contributed by atoms with Crippen molar-refractivity contribution in [2.75, 3.05) is 13.2 Å². The lowest BCUT2D eigenvalue weighted by Gasteiger charge is -2.25. The van der Waals surface area contributed by atoms with Crippen molar-refractivity contribution in [2.24, 2.45) is 0 Å². The lowest BCUT2D eigenvalue weighted by molar-refractivity contribution is -0.163. The summed E-state index contributed by atoms with van der Waals surface area (Å²) in [6.07, 6.45) is 0. The highest BCUT2D eigenvalue weighted by molar-refractivity contribution is 6.30. The fraction of sp³-hybridized carbons (Fsp3) is 0.300. The second kappa shape index (κ2) is 8.72. The van der Waals surface area contributed by atoms with Gasteiger partial charge in [0.15, 0.2) is 5.41 Å². The van der Waals surface area contributed by atoms with Gasteiger partial charge in [-0.15, -0.1) is 0 Å². The second-order valence-corrected chi connectivity index (χ2v) is 6.08. The third-order valence-electron chi connectivity index (χ3n) is 3.85. The highest BCUT2D eigenvalue weighted by Crippen LogP contribution is 2.30. The molecule has 2 rings (SSSR count). The molecular formula is C20H21ClO5. The van der Waals surface area contributed by atoms with Gasteiger partial charge in [0.25, 0.3) is 0 Å². The Bertz CT molecular complexity index is 735. The molecule has 0 N–H and O–H groups in total. The molecule has 0 saturated heterocycles. The second-order valence-electron chi connectivity index (χ2n) is 5.65. The van der Waals surface area contributed by atoms with Crippen LogP contribution in [0.4, 0.5) is 0 Å². The van der Waals surface area contributed by atoms with Crippen LogP contribution in [0.5, 0.6) is 11.5 Å². The van der Waals surface area contributed by atoms with E-state index >= 15 is 0 Å². The van der Waals surface area contributed by atoms with Crippen LogP contribution in [0.1, 0.15) is 26.3 Å². The summed E-state index contributed by atoms with van der Waals surface area (Å²) in [7, 11) is 0. The van der Waals surface area contributed by atoms with E-state index < -0.39 is 17.4 Å². The van der Waals surface area contributed by atoms with Crippen molar-refractivity contribution in [3.63, 3.8) is 0 Å². The molecule has 0 aliphatic heterocycles. The predicted molar refractivity (Wildman–Crippen MR) is 98.6 cm³/mol. The van der Waals surface area contributed by atoms with Gasteiger partial charge in [-0.2, -0.15) is 0 Å². The lowest BCUT2D eigenvalue weighted by Crippen LogP contribution is -2.43. The molecule has 6 heteroatoms. The Morgan fingerprint density at radius 3 is 1.69 bits per heavy atom. The molecule has 0 atom stereocenters. The topological polar surface area (TPSA) is 61.8 Å². The van der Waals surface area contributed by atoms with E-state index in [2.05, 4.69) is 0 Å². The van der Waals surface area contributed by atoms with Gasteiger partial charge in [0.2, 0.25) is 0 Å². The fourth-order valence-corrected chi connectivity index (χ4v) is 2.49. The van der Waals surface area contributed by atoms with Crippen LogP contribution in [-0.4, -0.2) is 25.2 Å². The van der Waals surface area contributed by atoms with Crippen molar-refractivity contribution in [1.29, 1.82) is 0 Å². The Morgan fingerprint density at radius 1 is 0.846 bits per heavy atom. The summed E-state index contributed by atoms with van der Waals surface area (Å²) in [5.74, 6) is -0.110. The minimum atomic E-state index is -1.54. The van der Waals surface area contributed by atoms with Crippen molar-refractivity contribution in [3.05, 3.63) is 59.1 Å². The van der Waals surface area contributed by atoms with Crippen LogP contribution in [0.15, 0.2) is 48.5 Å². The first kappa shape index (κ1) is 19.8. The highest BCUT2D eigenvalue weighted by atomic mass is 35.5. The van der Waals surface area contributed by atoms with Gasteiger partial charge in [-0.1, -0.05) is 23.7 Å². The maximum atomic E-state index is 12.4. The van der Waals surface area contributed by atoms with Gasteiger partial charge in [0.1, 0.15) is 11.5 Å². The SMILES string of the molecule is CCOC(=O)C(C)(C(=O)OCC)c1ccc(Oc2ccc(Cl)cc2)cc1. The normalized spacial score (nSPS) is 10.9. The maximum Gasteiger partial charge on any atom is 0.327 e. The summed E-state index contributed by atoms with van der Waals surface area (Å²) >= 11 is 5.85. The van der Waals surface area contributed by atoms with Crippen molar-refractivity contribution in [3.8, 4) is 11.5 Å². The molecule has 0 aliphatic carbocycles. The first-order valence-corrected chi connectivity index (χ1v) is 8.68. The minimum Gasteiger partial charge on any atom is -0.465 e. The standard InChI is InChI=1S/C20H21ClO5/c1-4-24-18(22)20(3,19(23)25-5-2)14-6-10-16(11-7-14)26-17-12-8-15(21)9-13-17/h6-13H,4-5H2,1-3H3. The molecule has 26 heavy (non-hydrogen) atoms. The van der Waals surface area contributed by atoms with Gasteiger partial charge in [-0.05, 0) is 62.7 Å². The Labute approximate surface area is 157 Å². The minimum absolute atomic E-state index is 0.172. The zero-order valence-electron chi connectivity index (χ0n) is 15.0. The molecule has 0 aromatic heterocycles. The summed E-state index contributed by atoms with van der Waals surface area (Å²) in [6.45, 7) is 5.22. The van der Waals surface area contributed by atoms with Crippen molar-refractivity contribution in [2.45, 2.75) is 26.2 Å². The van der Waals surface area contributed by atoms with Crippen LogP contribution >= 0.6 is 11.6 Å². The quantitative estimate of drug-likeness (QED) is 0.525. The highest BCUT2D eigenvalue weighted by Gasteiger charge is 2.46. The van der Waals surface area contributed by atoms with Gasteiger partial charge in [0.05, 0.1) is 13.2 Å². The van der Waals surface area contributed by atoms with Gasteiger partial charge in [-0.25, -0.2) is 0 Å². The number of hydrogen-bond donors (Lipinski definition) is 0. The lowest BCUT2D eigenvalue weighted by atomic mass is 9.82. The smallest absolute Gasteiger partial charge is 0.327 e. The Morgan fingerprint density at radius 2 is 1.27 bits per heavy atom. The molecule has 0 bridgehead atoms. The molecule has 0 saturated carbocycles. The van der Waals surface area contributed by atoms with Crippen molar-refractivity contribution in [1.82, 2.24) is 0 Å². The van der Waals surface area contributed by atoms with Crippen LogP contribution in [0.3, 0.4) is 0 Å². The van der Waals surface area contributed by atoms with E-state index in [1.54, 1.807) is 62.4 Å². The van der Waals surface area contributed by atoms with Gasteiger partial charge >= 0.3 is 11.9 Å². The number of benzene rings is 2. The van der Waals surface area contributed by atoms with Gasteiger partial charge in [-0.3, -0.25) is 9.59 Å². The van der Waals surface area contributed by atoms with Gasteiger partial charge in [0, 0.05) is 5.02 Å². The van der Waals surface area contributed by atoms with Crippen molar-refractivity contribution < 1.29 is 23.8 Å². The maximum absolute atomic E-state index is 12.4. The van der Waals surface area contributed by atoms with E-state index in [0.29, 0.717) is 22.1 Å². The summed E-state index contributed by atoms with van der Waals surface area (Å²) < 4.78 is 15.9. The molecule has 0 radical (unpaired) electrons. The van der Waals surface area contributed by atoms with E-state index in [0.717, 1.165) is 0 Å². The summed E-state index contributed by atoms with van der Waals surface area (Å²) in [4.78, 5) is 24.8. The van der Waals surface area contributed by atoms with E-state index in [1.807, 2.05) is 0 Å². The molecule has 0 fully saturated rings. The number of carbonyl (C=O) groups excluding carboxylic acids is 2. The Kier molecular flexibility index (Phi) is 6.64. The largest absolute Gasteiger partial charge is 0.465 e.